The molecule has 1 atom stereocenters. The van der Waals surface area contributed by atoms with E-state index in [0.717, 1.165) is 26.2 Å². The van der Waals surface area contributed by atoms with Crippen LogP contribution in [-0.4, -0.2) is 18.1 Å². The summed E-state index contributed by atoms with van der Waals surface area (Å²) in [4.78, 5) is 4.91. The van der Waals surface area contributed by atoms with E-state index in [0.29, 0.717) is 6.04 Å². The zero-order chi connectivity index (χ0) is 13.5. The third-order valence-corrected chi connectivity index (χ3v) is 4.18. The molecular formula is C16H24N2O. The summed E-state index contributed by atoms with van der Waals surface area (Å²) in [5.41, 5.74) is 5.38. The monoisotopic (exact) mass is 260 g/mol. The van der Waals surface area contributed by atoms with Crippen LogP contribution in [0.3, 0.4) is 0 Å². The number of hydrogen-bond donors (Lipinski definition) is 1. The molecule has 0 aliphatic carbocycles. The molecule has 1 fully saturated rings. The summed E-state index contributed by atoms with van der Waals surface area (Å²) in [6.45, 7) is 9.41. The Bertz CT molecular complexity index is 470. The van der Waals surface area contributed by atoms with E-state index < -0.39 is 0 Å². The molecule has 1 N–H and O–H groups in total. The highest BCUT2D eigenvalue weighted by Gasteiger charge is 2.27. The average Bonchev–Trinajstić information content (AvgIpc) is 2.90. The van der Waals surface area contributed by atoms with Crippen molar-refractivity contribution in [3.05, 3.63) is 28.6 Å². The standard InChI is InChI=1S/C16H24N2O/c1-16(2,3)15-9-11(13-5-4-7-17-13)12-10-19-8-6-14(12)18-15/h9,13,17H,4-8,10H2,1-3H3/t13-/m1/s1. The summed E-state index contributed by atoms with van der Waals surface area (Å²) in [5.74, 6) is 0. The van der Waals surface area contributed by atoms with Crippen LogP contribution in [-0.2, 0) is 23.2 Å². The largest absolute Gasteiger partial charge is 0.376 e. The Morgan fingerprint density at radius 1 is 1.37 bits per heavy atom. The van der Waals surface area contributed by atoms with Crippen LogP contribution in [0.15, 0.2) is 6.07 Å². The highest BCUT2D eigenvalue weighted by atomic mass is 16.5. The van der Waals surface area contributed by atoms with Crippen molar-refractivity contribution in [3.8, 4) is 0 Å². The van der Waals surface area contributed by atoms with Gasteiger partial charge in [-0.2, -0.15) is 0 Å². The molecule has 0 spiro atoms. The SMILES string of the molecule is CC(C)(C)c1cc([C@H]2CCCN2)c2c(n1)CCOC2. The van der Waals surface area contributed by atoms with Crippen molar-refractivity contribution in [1.82, 2.24) is 10.3 Å². The molecule has 0 amide bonds. The van der Waals surface area contributed by atoms with Crippen molar-refractivity contribution in [3.63, 3.8) is 0 Å². The predicted molar refractivity (Wildman–Crippen MR) is 76.3 cm³/mol. The van der Waals surface area contributed by atoms with Crippen molar-refractivity contribution >= 4 is 0 Å². The summed E-state index contributed by atoms with van der Waals surface area (Å²) in [6.07, 6.45) is 3.46. The van der Waals surface area contributed by atoms with E-state index in [2.05, 4.69) is 32.2 Å². The fourth-order valence-electron chi connectivity index (χ4n) is 3.01. The number of nitrogens with zero attached hydrogens (tertiary/aromatic N) is 1. The number of rotatable bonds is 1. The molecule has 1 saturated heterocycles. The Kier molecular flexibility index (Phi) is 3.35. The van der Waals surface area contributed by atoms with E-state index in [1.165, 1.54) is 35.4 Å². The van der Waals surface area contributed by atoms with Gasteiger partial charge in [0.1, 0.15) is 0 Å². The highest BCUT2D eigenvalue weighted by molar-refractivity contribution is 5.38. The lowest BCUT2D eigenvalue weighted by molar-refractivity contribution is 0.108. The molecule has 3 rings (SSSR count). The van der Waals surface area contributed by atoms with Crippen LogP contribution >= 0.6 is 0 Å². The van der Waals surface area contributed by atoms with Crippen LogP contribution in [0, 0.1) is 0 Å². The van der Waals surface area contributed by atoms with Crippen LogP contribution in [0.5, 0.6) is 0 Å². The van der Waals surface area contributed by atoms with Gasteiger partial charge in [0.05, 0.1) is 13.2 Å². The van der Waals surface area contributed by atoms with E-state index in [4.69, 9.17) is 9.72 Å². The maximum atomic E-state index is 5.65. The lowest BCUT2D eigenvalue weighted by Gasteiger charge is -2.27. The minimum absolute atomic E-state index is 0.112. The molecule has 19 heavy (non-hydrogen) atoms. The zero-order valence-electron chi connectivity index (χ0n) is 12.3. The van der Waals surface area contributed by atoms with E-state index in [-0.39, 0.29) is 5.41 Å². The maximum absolute atomic E-state index is 5.65. The number of hydrogen-bond acceptors (Lipinski definition) is 3. The van der Waals surface area contributed by atoms with Crippen molar-refractivity contribution in [2.75, 3.05) is 13.2 Å². The minimum atomic E-state index is 0.112. The first kappa shape index (κ1) is 13.1. The van der Waals surface area contributed by atoms with Crippen LogP contribution in [0.2, 0.25) is 0 Å². The normalized spacial score (nSPS) is 23.4. The van der Waals surface area contributed by atoms with Gasteiger partial charge in [-0.3, -0.25) is 4.98 Å². The Hall–Kier alpha value is -0.930. The molecule has 3 heteroatoms. The fraction of sp³-hybridized carbons (Fsp3) is 0.688. The van der Waals surface area contributed by atoms with Gasteiger partial charge in [0.25, 0.3) is 0 Å². The fourth-order valence-corrected chi connectivity index (χ4v) is 3.01. The Morgan fingerprint density at radius 3 is 2.89 bits per heavy atom. The van der Waals surface area contributed by atoms with Crippen molar-refractivity contribution in [1.29, 1.82) is 0 Å². The van der Waals surface area contributed by atoms with Gasteiger partial charge in [-0.15, -0.1) is 0 Å². The third-order valence-electron chi connectivity index (χ3n) is 4.18. The maximum Gasteiger partial charge on any atom is 0.0738 e. The first-order valence-electron chi connectivity index (χ1n) is 7.40. The lowest BCUT2D eigenvalue weighted by Crippen LogP contribution is -2.24. The second-order valence-electron chi connectivity index (χ2n) is 6.72. The van der Waals surface area contributed by atoms with Gasteiger partial charge in [-0.05, 0) is 31.0 Å². The number of fused-ring (bicyclic) bond motifs is 1. The Labute approximate surface area is 115 Å². The van der Waals surface area contributed by atoms with Crippen molar-refractivity contribution < 1.29 is 4.74 Å². The Morgan fingerprint density at radius 2 is 2.21 bits per heavy atom. The molecule has 0 aromatic carbocycles. The predicted octanol–water partition coefficient (Wildman–Crippen LogP) is 2.88. The molecule has 2 aliphatic heterocycles. The number of ether oxygens (including phenoxy) is 1. The molecule has 0 bridgehead atoms. The molecule has 3 nitrogen and oxygen atoms in total. The molecule has 0 saturated carbocycles. The molecule has 0 radical (unpaired) electrons. The van der Waals surface area contributed by atoms with Gasteiger partial charge in [-0.25, -0.2) is 0 Å². The smallest absolute Gasteiger partial charge is 0.0738 e. The van der Waals surface area contributed by atoms with E-state index in [9.17, 15) is 0 Å². The zero-order valence-corrected chi connectivity index (χ0v) is 12.3. The van der Waals surface area contributed by atoms with Gasteiger partial charge in [0.15, 0.2) is 0 Å². The molecule has 1 aromatic rings. The van der Waals surface area contributed by atoms with E-state index in [1.54, 1.807) is 0 Å². The van der Waals surface area contributed by atoms with E-state index in [1.807, 2.05) is 0 Å². The molecule has 3 heterocycles. The first-order chi connectivity index (χ1) is 9.05. The van der Waals surface area contributed by atoms with E-state index >= 15 is 0 Å². The van der Waals surface area contributed by atoms with Gasteiger partial charge in [-0.1, -0.05) is 20.8 Å². The van der Waals surface area contributed by atoms with Crippen LogP contribution in [0.1, 0.15) is 62.2 Å². The van der Waals surface area contributed by atoms with Crippen LogP contribution < -0.4 is 5.32 Å². The summed E-state index contributed by atoms with van der Waals surface area (Å²) in [5, 5.41) is 3.62. The van der Waals surface area contributed by atoms with Crippen LogP contribution in [0.25, 0.3) is 0 Å². The summed E-state index contributed by atoms with van der Waals surface area (Å²) in [6, 6.07) is 2.82. The van der Waals surface area contributed by atoms with Crippen LogP contribution in [0.4, 0.5) is 0 Å². The molecule has 0 unspecified atom stereocenters. The van der Waals surface area contributed by atoms with Gasteiger partial charge in [0, 0.05) is 34.8 Å². The summed E-state index contributed by atoms with van der Waals surface area (Å²) in [7, 11) is 0. The molecule has 1 aromatic heterocycles. The first-order valence-corrected chi connectivity index (χ1v) is 7.40. The quantitative estimate of drug-likeness (QED) is 0.843. The summed E-state index contributed by atoms with van der Waals surface area (Å²) >= 11 is 0. The van der Waals surface area contributed by atoms with Crippen molar-refractivity contribution in [2.45, 2.75) is 58.1 Å². The third kappa shape index (κ3) is 2.54. The summed E-state index contributed by atoms with van der Waals surface area (Å²) < 4.78 is 5.65. The molecule has 104 valence electrons. The van der Waals surface area contributed by atoms with Crippen molar-refractivity contribution in [2.24, 2.45) is 0 Å². The number of aromatic nitrogens is 1. The Balaban J connectivity index is 2.08. The van der Waals surface area contributed by atoms with Gasteiger partial charge >= 0.3 is 0 Å². The number of nitrogens with one attached hydrogen (secondary N) is 1. The topological polar surface area (TPSA) is 34.2 Å². The average molecular weight is 260 g/mol. The van der Waals surface area contributed by atoms with Gasteiger partial charge in [0.2, 0.25) is 0 Å². The second-order valence-corrected chi connectivity index (χ2v) is 6.72. The molecular weight excluding hydrogens is 236 g/mol. The number of pyridine rings is 1. The second kappa shape index (κ2) is 4.88. The lowest BCUT2D eigenvalue weighted by atomic mass is 9.87. The minimum Gasteiger partial charge on any atom is -0.376 e. The van der Waals surface area contributed by atoms with Gasteiger partial charge < -0.3 is 10.1 Å². The highest BCUT2D eigenvalue weighted by Crippen LogP contribution is 2.33. The molecule has 2 aliphatic rings.